The van der Waals surface area contributed by atoms with Crippen LogP contribution in [-0.4, -0.2) is 79.1 Å². The van der Waals surface area contributed by atoms with E-state index in [1.807, 2.05) is 6.92 Å². The third-order valence-electron chi connectivity index (χ3n) is 4.64. The molecule has 1 aliphatic heterocycles. The molecule has 1 aromatic rings. The number of ether oxygens (including phenoxy) is 1. The molecule has 25 heavy (non-hydrogen) atoms. The van der Waals surface area contributed by atoms with Crippen LogP contribution in [0, 0.1) is 6.92 Å². The van der Waals surface area contributed by atoms with E-state index in [4.69, 9.17) is 4.74 Å². The van der Waals surface area contributed by atoms with E-state index in [0.717, 1.165) is 44.8 Å². The monoisotopic (exact) mass is 350 g/mol. The van der Waals surface area contributed by atoms with Gasteiger partial charge in [-0.3, -0.25) is 9.69 Å². The number of aromatic amines is 1. The minimum Gasteiger partial charge on any atom is -0.462 e. The molecule has 7 heteroatoms. The van der Waals surface area contributed by atoms with E-state index in [-0.39, 0.29) is 18.3 Å². The number of carbonyl (C=O) groups excluding carboxylic acids is 2. The van der Waals surface area contributed by atoms with Crippen LogP contribution in [0.5, 0.6) is 0 Å². The number of H-pyrrole nitrogens is 1. The van der Waals surface area contributed by atoms with Gasteiger partial charge in [0.05, 0.1) is 18.6 Å². The van der Waals surface area contributed by atoms with Crippen LogP contribution in [-0.2, 0) is 16.0 Å². The second-order valence-corrected chi connectivity index (χ2v) is 6.35. The number of piperazine rings is 1. The molecule has 0 bridgehead atoms. The molecule has 1 fully saturated rings. The zero-order valence-corrected chi connectivity index (χ0v) is 15.6. The second-order valence-electron chi connectivity index (χ2n) is 6.35. The number of esters is 1. The molecule has 2 rings (SSSR count). The Morgan fingerprint density at radius 3 is 2.52 bits per heavy atom. The summed E-state index contributed by atoms with van der Waals surface area (Å²) in [6.07, 6.45) is 1.90. The molecule has 0 atom stereocenters. The summed E-state index contributed by atoms with van der Waals surface area (Å²) in [6, 6.07) is 0. The number of likely N-dealkylation sites (N-methyl/N-ethyl adjacent to an activating group) is 1. The van der Waals surface area contributed by atoms with Crippen LogP contribution in [0.15, 0.2) is 6.20 Å². The fourth-order valence-electron chi connectivity index (χ4n) is 3.11. The predicted octanol–water partition coefficient (Wildman–Crippen LogP) is 0.796. The van der Waals surface area contributed by atoms with Gasteiger partial charge in [-0.05, 0) is 26.0 Å². The van der Waals surface area contributed by atoms with E-state index in [1.165, 1.54) is 0 Å². The van der Waals surface area contributed by atoms with Gasteiger partial charge in [0.1, 0.15) is 0 Å². The summed E-state index contributed by atoms with van der Waals surface area (Å²) in [5.74, 6) is -0.461. The normalized spacial score (nSPS) is 16.0. The minimum absolute atomic E-state index is 0.0837. The van der Waals surface area contributed by atoms with E-state index >= 15 is 0 Å². The van der Waals surface area contributed by atoms with Gasteiger partial charge in [-0.2, -0.15) is 0 Å². The van der Waals surface area contributed by atoms with Crippen LogP contribution < -0.4 is 5.32 Å². The van der Waals surface area contributed by atoms with Gasteiger partial charge in [0, 0.05) is 51.2 Å². The topological polar surface area (TPSA) is 77.7 Å². The quantitative estimate of drug-likeness (QED) is 0.678. The Labute approximate surface area is 149 Å². The highest BCUT2D eigenvalue weighted by atomic mass is 16.5. The SMILES string of the molecule is CCOC(=O)c1c(C)c[nH]c1CC(=O)NCCN1CCN(CC)CC1. The van der Waals surface area contributed by atoms with Crippen molar-refractivity contribution in [2.45, 2.75) is 27.2 Å². The molecule has 0 spiro atoms. The van der Waals surface area contributed by atoms with Crippen molar-refractivity contribution in [1.29, 1.82) is 0 Å². The van der Waals surface area contributed by atoms with Crippen LogP contribution >= 0.6 is 0 Å². The summed E-state index contributed by atoms with van der Waals surface area (Å²) >= 11 is 0. The first-order valence-electron chi connectivity index (χ1n) is 9.10. The molecular weight excluding hydrogens is 320 g/mol. The van der Waals surface area contributed by atoms with Crippen molar-refractivity contribution in [3.63, 3.8) is 0 Å². The highest BCUT2D eigenvalue weighted by Crippen LogP contribution is 2.15. The van der Waals surface area contributed by atoms with Crippen LogP contribution in [0.2, 0.25) is 0 Å². The van der Waals surface area contributed by atoms with E-state index < -0.39 is 0 Å². The van der Waals surface area contributed by atoms with Crippen molar-refractivity contribution in [2.24, 2.45) is 0 Å². The summed E-state index contributed by atoms with van der Waals surface area (Å²) < 4.78 is 5.07. The summed E-state index contributed by atoms with van der Waals surface area (Å²) in [5, 5.41) is 2.94. The number of nitrogens with zero attached hydrogens (tertiary/aromatic N) is 2. The molecule has 2 heterocycles. The fourth-order valence-corrected chi connectivity index (χ4v) is 3.11. The number of rotatable bonds is 8. The van der Waals surface area contributed by atoms with Gasteiger partial charge in [-0.15, -0.1) is 0 Å². The molecule has 1 aromatic heterocycles. The lowest BCUT2D eigenvalue weighted by molar-refractivity contribution is -0.120. The third kappa shape index (κ3) is 5.57. The summed E-state index contributed by atoms with van der Waals surface area (Å²) in [4.78, 5) is 32.0. The van der Waals surface area contributed by atoms with Gasteiger partial charge in [0.25, 0.3) is 0 Å². The first-order valence-corrected chi connectivity index (χ1v) is 9.10. The van der Waals surface area contributed by atoms with Crippen LogP contribution in [0.4, 0.5) is 0 Å². The van der Waals surface area contributed by atoms with Gasteiger partial charge >= 0.3 is 5.97 Å². The highest BCUT2D eigenvalue weighted by molar-refractivity contribution is 5.94. The molecule has 7 nitrogen and oxygen atoms in total. The van der Waals surface area contributed by atoms with Crippen molar-refractivity contribution in [1.82, 2.24) is 20.1 Å². The average Bonchev–Trinajstić information content (AvgIpc) is 2.96. The van der Waals surface area contributed by atoms with Gasteiger partial charge in [-0.1, -0.05) is 6.92 Å². The maximum atomic E-state index is 12.2. The standard InChI is InChI=1S/C18H30N4O3/c1-4-21-8-10-22(11-9-21)7-6-19-16(23)12-15-17(14(3)13-20-15)18(24)25-5-2/h13,20H,4-12H2,1-3H3,(H,19,23). The van der Waals surface area contributed by atoms with Gasteiger partial charge in [0.15, 0.2) is 0 Å². The third-order valence-corrected chi connectivity index (χ3v) is 4.64. The molecule has 1 saturated heterocycles. The maximum absolute atomic E-state index is 12.2. The number of amides is 1. The molecule has 0 aliphatic carbocycles. The largest absolute Gasteiger partial charge is 0.462 e. The molecular formula is C18H30N4O3. The zero-order chi connectivity index (χ0) is 18.2. The van der Waals surface area contributed by atoms with Crippen molar-refractivity contribution < 1.29 is 14.3 Å². The molecule has 0 aromatic carbocycles. The number of hydrogen-bond acceptors (Lipinski definition) is 5. The fraction of sp³-hybridized carbons (Fsp3) is 0.667. The van der Waals surface area contributed by atoms with Gasteiger partial charge < -0.3 is 19.9 Å². The predicted molar refractivity (Wildman–Crippen MR) is 96.8 cm³/mol. The number of carbonyl (C=O) groups is 2. The van der Waals surface area contributed by atoms with Crippen molar-refractivity contribution in [3.8, 4) is 0 Å². The summed E-state index contributed by atoms with van der Waals surface area (Å²) in [5.41, 5.74) is 1.90. The number of nitrogens with one attached hydrogen (secondary N) is 2. The smallest absolute Gasteiger partial charge is 0.340 e. The van der Waals surface area contributed by atoms with E-state index in [1.54, 1.807) is 13.1 Å². The number of aryl methyl sites for hydroxylation is 1. The zero-order valence-electron chi connectivity index (χ0n) is 15.6. The van der Waals surface area contributed by atoms with Crippen molar-refractivity contribution >= 4 is 11.9 Å². The lowest BCUT2D eigenvalue weighted by atomic mass is 10.1. The minimum atomic E-state index is -0.377. The van der Waals surface area contributed by atoms with Crippen LogP contribution in [0.25, 0.3) is 0 Å². The number of aromatic nitrogens is 1. The van der Waals surface area contributed by atoms with Gasteiger partial charge in [0.2, 0.25) is 5.91 Å². The molecule has 1 aliphatic rings. The molecule has 0 unspecified atom stereocenters. The lowest BCUT2D eigenvalue weighted by Gasteiger charge is -2.33. The Morgan fingerprint density at radius 1 is 1.20 bits per heavy atom. The lowest BCUT2D eigenvalue weighted by Crippen LogP contribution is -2.48. The first kappa shape index (κ1) is 19.5. The molecule has 0 saturated carbocycles. The first-order chi connectivity index (χ1) is 12.0. The van der Waals surface area contributed by atoms with E-state index in [0.29, 0.717) is 24.4 Å². The van der Waals surface area contributed by atoms with Crippen molar-refractivity contribution in [2.75, 3.05) is 52.4 Å². The second kappa shape index (κ2) is 9.58. The number of hydrogen-bond donors (Lipinski definition) is 2. The van der Waals surface area contributed by atoms with E-state index in [2.05, 4.69) is 27.0 Å². The Morgan fingerprint density at radius 2 is 1.88 bits per heavy atom. The Kier molecular flexibility index (Phi) is 7.46. The highest BCUT2D eigenvalue weighted by Gasteiger charge is 2.20. The molecule has 140 valence electrons. The summed E-state index contributed by atoms with van der Waals surface area (Å²) in [7, 11) is 0. The van der Waals surface area contributed by atoms with Gasteiger partial charge in [-0.25, -0.2) is 4.79 Å². The van der Waals surface area contributed by atoms with E-state index in [9.17, 15) is 9.59 Å². The Bertz CT molecular complexity index is 577. The molecule has 1 amide bonds. The average molecular weight is 350 g/mol. The summed E-state index contributed by atoms with van der Waals surface area (Å²) in [6.45, 7) is 13.0. The maximum Gasteiger partial charge on any atom is 0.340 e. The van der Waals surface area contributed by atoms with Crippen LogP contribution in [0.3, 0.4) is 0 Å². The molecule has 0 radical (unpaired) electrons. The van der Waals surface area contributed by atoms with Crippen LogP contribution in [0.1, 0.15) is 35.5 Å². The Hall–Kier alpha value is -1.86. The Balaban J connectivity index is 1.77. The van der Waals surface area contributed by atoms with Crippen molar-refractivity contribution in [3.05, 3.63) is 23.0 Å². The molecule has 2 N–H and O–H groups in total.